The van der Waals surface area contributed by atoms with Gasteiger partial charge in [-0.25, -0.2) is 4.90 Å². The number of nitriles is 1. The van der Waals surface area contributed by atoms with Crippen LogP contribution in [0.25, 0.3) is 6.08 Å². The monoisotopic (exact) mass is 446 g/mol. The number of anilines is 1. The summed E-state index contributed by atoms with van der Waals surface area (Å²) in [6.07, 6.45) is 1.64. The third kappa shape index (κ3) is 4.48. The first-order chi connectivity index (χ1) is 15.1. The average Bonchev–Trinajstić information content (AvgIpc) is 3.06. The van der Waals surface area contributed by atoms with Gasteiger partial charge in [0.05, 0.1) is 22.2 Å². The molecule has 1 saturated heterocycles. The summed E-state index contributed by atoms with van der Waals surface area (Å²) in [5, 5.41) is 9.30. The SMILES string of the molecule is N#Cc1ccccc1COc1ccccc1/C=C1\SC(=O)N(c2cccc(Cl)c2)C1=O. The van der Waals surface area contributed by atoms with E-state index in [1.807, 2.05) is 24.3 Å². The molecule has 31 heavy (non-hydrogen) atoms. The number of hydrogen-bond donors (Lipinski definition) is 0. The van der Waals surface area contributed by atoms with Gasteiger partial charge in [0.15, 0.2) is 0 Å². The Morgan fingerprint density at radius 1 is 1.03 bits per heavy atom. The van der Waals surface area contributed by atoms with Crippen molar-refractivity contribution in [2.24, 2.45) is 0 Å². The van der Waals surface area contributed by atoms with Gasteiger partial charge in [0.25, 0.3) is 11.1 Å². The molecule has 4 rings (SSSR count). The highest BCUT2D eigenvalue weighted by Crippen LogP contribution is 2.37. The number of para-hydroxylation sites is 1. The van der Waals surface area contributed by atoms with Gasteiger partial charge in [-0.3, -0.25) is 9.59 Å². The van der Waals surface area contributed by atoms with Gasteiger partial charge >= 0.3 is 0 Å². The van der Waals surface area contributed by atoms with Crippen LogP contribution in [-0.2, 0) is 11.4 Å². The van der Waals surface area contributed by atoms with Gasteiger partial charge in [0.2, 0.25) is 0 Å². The molecule has 0 atom stereocenters. The van der Waals surface area contributed by atoms with E-state index in [9.17, 15) is 14.9 Å². The van der Waals surface area contributed by atoms with E-state index in [0.717, 1.165) is 22.2 Å². The zero-order chi connectivity index (χ0) is 21.8. The van der Waals surface area contributed by atoms with Crippen LogP contribution in [-0.4, -0.2) is 11.1 Å². The highest BCUT2D eigenvalue weighted by Gasteiger charge is 2.36. The van der Waals surface area contributed by atoms with Gasteiger partial charge in [0.1, 0.15) is 12.4 Å². The lowest BCUT2D eigenvalue weighted by Gasteiger charge is -2.12. The minimum atomic E-state index is -0.415. The van der Waals surface area contributed by atoms with Crippen LogP contribution in [0, 0.1) is 11.3 Å². The van der Waals surface area contributed by atoms with E-state index in [1.165, 1.54) is 0 Å². The largest absolute Gasteiger partial charge is 0.488 e. The quantitative estimate of drug-likeness (QED) is 0.447. The Hall–Kier alpha value is -3.53. The highest BCUT2D eigenvalue weighted by molar-refractivity contribution is 8.19. The molecule has 5 nitrogen and oxygen atoms in total. The van der Waals surface area contributed by atoms with Gasteiger partial charge in [-0.2, -0.15) is 5.26 Å². The summed E-state index contributed by atoms with van der Waals surface area (Å²) in [4.78, 5) is 26.8. The maximum atomic E-state index is 12.9. The third-order valence-electron chi connectivity index (χ3n) is 4.59. The van der Waals surface area contributed by atoms with Crippen LogP contribution in [0.4, 0.5) is 10.5 Å². The number of benzene rings is 3. The fraction of sp³-hybridized carbons (Fsp3) is 0.0417. The van der Waals surface area contributed by atoms with Crippen LogP contribution in [0.3, 0.4) is 0 Å². The molecule has 0 saturated carbocycles. The molecule has 7 heteroatoms. The van der Waals surface area contributed by atoms with Crippen LogP contribution >= 0.6 is 23.4 Å². The second-order valence-electron chi connectivity index (χ2n) is 6.59. The summed E-state index contributed by atoms with van der Waals surface area (Å²) >= 11 is 6.87. The zero-order valence-corrected chi connectivity index (χ0v) is 17.7. The minimum Gasteiger partial charge on any atom is -0.488 e. The molecule has 0 bridgehead atoms. The lowest BCUT2D eigenvalue weighted by molar-refractivity contribution is -0.113. The molecule has 152 valence electrons. The van der Waals surface area contributed by atoms with E-state index in [-0.39, 0.29) is 11.8 Å². The molecular formula is C24H15ClN2O3S. The molecule has 3 aromatic carbocycles. The Kier molecular flexibility index (Phi) is 6.08. The lowest BCUT2D eigenvalue weighted by Crippen LogP contribution is -2.27. The molecule has 0 N–H and O–H groups in total. The average molecular weight is 447 g/mol. The normalized spacial score (nSPS) is 14.7. The summed E-state index contributed by atoms with van der Waals surface area (Å²) in [5.74, 6) is 0.131. The first kappa shape index (κ1) is 20.7. The van der Waals surface area contributed by atoms with Crippen molar-refractivity contribution in [3.8, 4) is 11.8 Å². The van der Waals surface area contributed by atoms with Gasteiger partial charge in [-0.1, -0.05) is 54.1 Å². The Morgan fingerprint density at radius 3 is 2.61 bits per heavy atom. The van der Waals surface area contributed by atoms with Crippen molar-refractivity contribution in [1.82, 2.24) is 0 Å². The summed E-state index contributed by atoms with van der Waals surface area (Å²) in [5.41, 5.74) is 2.40. The predicted molar refractivity (Wildman–Crippen MR) is 122 cm³/mol. The van der Waals surface area contributed by atoms with Gasteiger partial charge in [-0.05, 0) is 48.2 Å². The van der Waals surface area contributed by atoms with Crippen LogP contribution in [0.5, 0.6) is 5.75 Å². The molecule has 3 aromatic rings. The molecule has 1 aliphatic rings. The lowest BCUT2D eigenvalue weighted by atomic mass is 10.1. The molecule has 2 amide bonds. The number of hydrogen-bond acceptors (Lipinski definition) is 5. The second-order valence-corrected chi connectivity index (χ2v) is 8.02. The van der Waals surface area contributed by atoms with E-state index >= 15 is 0 Å². The fourth-order valence-corrected chi connectivity index (χ4v) is 4.11. The van der Waals surface area contributed by atoms with E-state index in [2.05, 4.69) is 6.07 Å². The maximum absolute atomic E-state index is 12.9. The van der Waals surface area contributed by atoms with Gasteiger partial charge in [-0.15, -0.1) is 0 Å². The summed E-state index contributed by atoms with van der Waals surface area (Å²) in [6.45, 7) is 0.207. The number of carbonyl (C=O) groups excluding carboxylic acids is 2. The third-order valence-corrected chi connectivity index (χ3v) is 5.69. The fourth-order valence-electron chi connectivity index (χ4n) is 3.09. The smallest absolute Gasteiger partial charge is 0.298 e. The Bertz CT molecular complexity index is 1250. The van der Waals surface area contributed by atoms with Gasteiger partial charge < -0.3 is 4.74 Å². The minimum absolute atomic E-state index is 0.207. The topological polar surface area (TPSA) is 70.4 Å². The van der Waals surface area contributed by atoms with Crippen molar-refractivity contribution in [3.63, 3.8) is 0 Å². The summed E-state index contributed by atoms with van der Waals surface area (Å²) in [6, 6.07) is 23.2. The number of thioether (sulfide) groups is 1. The van der Waals surface area contributed by atoms with Crippen LogP contribution < -0.4 is 9.64 Å². The second kappa shape index (κ2) is 9.09. The highest BCUT2D eigenvalue weighted by atomic mass is 35.5. The van der Waals surface area contributed by atoms with Crippen molar-refractivity contribution in [1.29, 1.82) is 5.26 Å². The van der Waals surface area contributed by atoms with Crippen LogP contribution in [0.15, 0.2) is 77.7 Å². The van der Waals surface area contributed by atoms with Gasteiger partial charge in [0, 0.05) is 16.1 Å². The molecular weight excluding hydrogens is 432 g/mol. The number of ether oxygens (including phenoxy) is 1. The molecule has 0 unspecified atom stereocenters. The van der Waals surface area contributed by atoms with E-state index in [1.54, 1.807) is 54.6 Å². The standard InChI is InChI=1S/C24H15ClN2O3S/c25-19-9-5-10-20(13-19)27-23(28)22(31-24(27)29)12-16-6-3-4-11-21(16)30-15-18-8-2-1-7-17(18)14-26/h1-13H,15H2/b22-12-. The van der Waals surface area contributed by atoms with Crippen LogP contribution in [0.2, 0.25) is 5.02 Å². The molecule has 0 aliphatic carbocycles. The van der Waals surface area contributed by atoms with Crippen molar-refractivity contribution in [2.45, 2.75) is 6.61 Å². The van der Waals surface area contributed by atoms with Crippen molar-refractivity contribution >= 4 is 46.3 Å². The molecule has 1 heterocycles. The van der Waals surface area contributed by atoms with E-state index in [0.29, 0.717) is 32.5 Å². The zero-order valence-electron chi connectivity index (χ0n) is 16.1. The number of nitrogens with zero attached hydrogens (tertiary/aromatic N) is 2. The Labute approximate surface area is 188 Å². The molecule has 1 fully saturated rings. The Balaban J connectivity index is 1.59. The molecule has 0 aromatic heterocycles. The van der Waals surface area contributed by atoms with E-state index < -0.39 is 5.91 Å². The van der Waals surface area contributed by atoms with Crippen molar-refractivity contribution in [2.75, 3.05) is 4.90 Å². The van der Waals surface area contributed by atoms with E-state index in [4.69, 9.17) is 16.3 Å². The molecule has 1 aliphatic heterocycles. The first-order valence-corrected chi connectivity index (χ1v) is 10.5. The van der Waals surface area contributed by atoms with Crippen molar-refractivity contribution in [3.05, 3.63) is 99.4 Å². The number of halogens is 1. The number of amides is 2. The molecule has 0 radical (unpaired) electrons. The summed E-state index contributed by atoms with van der Waals surface area (Å²) < 4.78 is 5.93. The maximum Gasteiger partial charge on any atom is 0.298 e. The Morgan fingerprint density at radius 2 is 1.81 bits per heavy atom. The summed E-state index contributed by atoms with van der Waals surface area (Å²) in [7, 11) is 0. The predicted octanol–water partition coefficient (Wildman–Crippen LogP) is 6.03. The molecule has 0 spiro atoms. The number of carbonyl (C=O) groups is 2. The van der Waals surface area contributed by atoms with Crippen molar-refractivity contribution < 1.29 is 14.3 Å². The number of rotatable bonds is 5. The first-order valence-electron chi connectivity index (χ1n) is 9.30. The van der Waals surface area contributed by atoms with Crippen LogP contribution in [0.1, 0.15) is 16.7 Å². The number of imide groups is 1.